The Hall–Kier alpha value is -2.00. The standard InChI is InChI=1S/C10H11N5O4/c16-6-3-1-4(7(6)17)15-9-5(8(18)11-10(15)19)12-13-14(9)2-3/h3-4,6-7,16-17H,1-2H2,(H,11,18,19)/t3-,4+,6+,7?/m1/s1. The number of rotatable bonds is 0. The number of fused-ring (bicyclic) bond motifs is 3. The van der Waals surface area contributed by atoms with Gasteiger partial charge in [-0.25, -0.2) is 9.48 Å². The van der Waals surface area contributed by atoms with Crippen molar-refractivity contribution < 1.29 is 10.2 Å². The van der Waals surface area contributed by atoms with Crippen molar-refractivity contribution in [2.24, 2.45) is 5.92 Å². The molecule has 4 rings (SSSR count). The molecule has 0 saturated heterocycles. The monoisotopic (exact) mass is 265 g/mol. The van der Waals surface area contributed by atoms with Crippen LogP contribution in [0.15, 0.2) is 9.59 Å². The van der Waals surface area contributed by atoms with Crippen LogP contribution in [0.25, 0.3) is 11.2 Å². The Balaban J connectivity index is 2.14. The van der Waals surface area contributed by atoms with Gasteiger partial charge in [0.05, 0.1) is 18.7 Å². The molecule has 1 aliphatic heterocycles. The van der Waals surface area contributed by atoms with E-state index in [0.717, 1.165) is 0 Å². The molecule has 3 N–H and O–H groups in total. The highest BCUT2D eigenvalue weighted by molar-refractivity contribution is 5.69. The summed E-state index contributed by atoms with van der Waals surface area (Å²) in [6, 6.07) is -0.563. The minimum absolute atomic E-state index is 0.0776. The molecule has 100 valence electrons. The number of nitrogens with zero attached hydrogens (tertiary/aromatic N) is 4. The summed E-state index contributed by atoms with van der Waals surface area (Å²) in [4.78, 5) is 25.8. The molecule has 2 aromatic rings. The van der Waals surface area contributed by atoms with Gasteiger partial charge in [0.2, 0.25) is 0 Å². The second-order valence-corrected chi connectivity index (χ2v) is 5.12. The van der Waals surface area contributed by atoms with Gasteiger partial charge in [-0.2, -0.15) is 0 Å². The molecule has 3 heterocycles. The van der Waals surface area contributed by atoms with Gasteiger partial charge >= 0.3 is 5.69 Å². The van der Waals surface area contributed by atoms with Crippen LogP contribution < -0.4 is 11.2 Å². The molecule has 1 fully saturated rings. The van der Waals surface area contributed by atoms with Crippen LogP contribution in [-0.4, -0.2) is 47.0 Å². The van der Waals surface area contributed by atoms with Crippen LogP contribution in [0.5, 0.6) is 0 Å². The number of aliphatic hydroxyl groups excluding tert-OH is 2. The number of hydrogen-bond donors (Lipinski definition) is 3. The number of H-pyrrole nitrogens is 1. The van der Waals surface area contributed by atoms with Crippen molar-refractivity contribution in [3.63, 3.8) is 0 Å². The van der Waals surface area contributed by atoms with Gasteiger partial charge in [0.25, 0.3) is 5.56 Å². The van der Waals surface area contributed by atoms with Crippen LogP contribution in [0.4, 0.5) is 0 Å². The van der Waals surface area contributed by atoms with E-state index >= 15 is 0 Å². The first-order chi connectivity index (χ1) is 9.08. The summed E-state index contributed by atoms with van der Waals surface area (Å²) in [5.41, 5.74) is -0.809. The van der Waals surface area contributed by atoms with Gasteiger partial charge in [0, 0.05) is 5.92 Å². The zero-order valence-electron chi connectivity index (χ0n) is 9.72. The minimum atomic E-state index is -1.03. The molecule has 0 radical (unpaired) electrons. The summed E-state index contributed by atoms with van der Waals surface area (Å²) in [5, 5.41) is 27.6. The summed E-state index contributed by atoms with van der Waals surface area (Å²) in [6.45, 7) is 0.328. The van der Waals surface area contributed by atoms with E-state index in [2.05, 4.69) is 15.3 Å². The number of aromatic nitrogens is 5. The summed E-state index contributed by atoms with van der Waals surface area (Å²) in [7, 11) is 0. The number of aliphatic hydroxyl groups is 2. The maximum Gasteiger partial charge on any atom is 0.330 e. The number of hydrogen-bond acceptors (Lipinski definition) is 6. The van der Waals surface area contributed by atoms with Gasteiger partial charge in [-0.05, 0) is 6.42 Å². The molecule has 19 heavy (non-hydrogen) atoms. The third-order valence-electron chi connectivity index (χ3n) is 4.10. The fourth-order valence-electron chi connectivity index (χ4n) is 3.20. The van der Waals surface area contributed by atoms with E-state index in [1.54, 1.807) is 0 Å². The van der Waals surface area contributed by atoms with Crippen LogP contribution in [-0.2, 0) is 6.54 Å². The lowest BCUT2D eigenvalue weighted by Gasteiger charge is -2.21. The van der Waals surface area contributed by atoms with Gasteiger partial charge in [-0.15, -0.1) is 5.10 Å². The summed E-state index contributed by atoms with van der Waals surface area (Å²) in [5.74, 6) is -0.209. The molecule has 4 atom stereocenters. The average Bonchev–Trinajstić information content (AvgIpc) is 2.82. The molecule has 9 heteroatoms. The Kier molecular flexibility index (Phi) is 1.89. The predicted octanol–water partition coefficient (Wildman–Crippen LogP) is -2.42. The molecule has 2 bridgehead atoms. The highest BCUT2D eigenvalue weighted by Crippen LogP contribution is 2.38. The quantitative estimate of drug-likeness (QED) is 0.486. The molecule has 0 spiro atoms. The van der Waals surface area contributed by atoms with E-state index in [9.17, 15) is 19.8 Å². The van der Waals surface area contributed by atoms with Crippen molar-refractivity contribution in [1.29, 1.82) is 0 Å². The molecule has 1 saturated carbocycles. The first-order valence-electron chi connectivity index (χ1n) is 6.02. The Morgan fingerprint density at radius 1 is 1.26 bits per heavy atom. The lowest BCUT2D eigenvalue weighted by molar-refractivity contribution is 0.000341. The van der Waals surface area contributed by atoms with Crippen LogP contribution in [0, 0.1) is 5.92 Å². The SMILES string of the molecule is O=c1[nH]c(=O)n2c3c1nnn3C[C@H]1C[C@H]2C(O)[C@H]1O. The highest BCUT2D eigenvalue weighted by atomic mass is 16.3. The summed E-state index contributed by atoms with van der Waals surface area (Å²) >= 11 is 0. The lowest BCUT2D eigenvalue weighted by atomic mass is 10.1. The normalized spacial score (nSPS) is 32.7. The second kappa shape index (κ2) is 3.31. The van der Waals surface area contributed by atoms with Gasteiger partial charge in [0.15, 0.2) is 11.2 Å². The predicted molar refractivity (Wildman–Crippen MR) is 61.6 cm³/mol. The first-order valence-corrected chi connectivity index (χ1v) is 6.02. The number of aromatic amines is 1. The Morgan fingerprint density at radius 3 is 2.84 bits per heavy atom. The number of nitrogens with one attached hydrogen (secondary N) is 1. The maximum absolute atomic E-state index is 12.0. The third kappa shape index (κ3) is 1.21. The topological polar surface area (TPSA) is 126 Å². The van der Waals surface area contributed by atoms with Crippen molar-refractivity contribution >= 4 is 11.2 Å². The van der Waals surface area contributed by atoms with Gasteiger partial charge in [0.1, 0.15) is 6.10 Å². The smallest absolute Gasteiger partial charge is 0.330 e. The lowest BCUT2D eigenvalue weighted by Crippen LogP contribution is -2.39. The molecule has 9 nitrogen and oxygen atoms in total. The van der Waals surface area contributed by atoms with Crippen LogP contribution in [0.3, 0.4) is 0 Å². The van der Waals surface area contributed by atoms with Crippen molar-refractivity contribution in [2.45, 2.75) is 31.2 Å². The zero-order valence-corrected chi connectivity index (χ0v) is 9.72. The van der Waals surface area contributed by atoms with Crippen molar-refractivity contribution in [1.82, 2.24) is 24.5 Å². The van der Waals surface area contributed by atoms with Gasteiger partial charge < -0.3 is 10.2 Å². The average molecular weight is 265 g/mol. The van der Waals surface area contributed by atoms with E-state index in [1.165, 1.54) is 9.25 Å². The summed E-state index contributed by atoms with van der Waals surface area (Å²) < 4.78 is 2.74. The largest absolute Gasteiger partial charge is 0.390 e. The maximum atomic E-state index is 12.0. The second-order valence-electron chi connectivity index (χ2n) is 5.12. The van der Waals surface area contributed by atoms with E-state index in [-0.39, 0.29) is 11.4 Å². The highest BCUT2D eigenvalue weighted by Gasteiger charge is 2.46. The Morgan fingerprint density at radius 2 is 2.05 bits per heavy atom. The van der Waals surface area contributed by atoms with E-state index in [1.807, 2.05) is 0 Å². The van der Waals surface area contributed by atoms with Gasteiger partial charge in [-0.1, -0.05) is 5.21 Å². The van der Waals surface area contributed by atoms with Crippen LogP contribution >= 0.6 is 0 Å². The Bertz CT molecular complexity index is 789. The molecular formula is C10H11N5O4. The molecular weight excluding hydrogens is 254 g/mol. The Labute approximate surface area is 105 Å². The molecule has 1 unspecified atom stereocenters. The van der Waals surface area contributed by atoms with E-state index < -0.39 is 29.5 Å². The van der Waals surface area contributed by atoms with Gasteiger partial charge in [-0.3, -0.25) is 14.3 Å². The van der Waals surface area contributed by atoms with Crippen LogP contribution in [0.1, 0.15) is 12.5 Å². The van der Waals surface area contributed by atoms with Crippen molar-refractivity contribution in [3.05, 3.63) is 20.8 Å². The van der Waals surface area contributed by atoms with Crippen LogP contribution in [0.2, 0.25) is 0 Å². The van der Waals surface area contributed by atoms with E-state index in [4.69, 9.17) is 0 Å². The summed E-state index contributed by atoms with van der Waals surface area (Å²) in [6.07, 6.45) is -1.47. The van der Waals surface area contributed by atoms with Crippen molar-refractivity contribution in [2.75, 3.05) is 0 Å². The fourth-order valence-corrected chi connectivity index (χ4v) is 3.20. The zero-order chi connectivity index (χ0) is 13.3. The molecule has 0 aromatic carbocycles. The minimum Gasteiger partial charge on any atom is -0.390 e. The molecule has 0 amide bonds. The molecule has 2 aromatic heterocycles. The van der Waals surface area contributed by atoms with Crippen molar-refractivity contribution in [3.8, 4) is 0 Å². The van der Waals surface area contributed by atoms with E-state index in [0.29, 0.717) is 18.6 Å². The third-order valence-corrected chi connectivity index (χ3v) is 4.10. The fraction of sp³-hybridized carbons (Fsp3) is 0.600. The first kappa shape index (κ1) is 10.9. The molecule has 1 aliphatic carbocycles. The molecule has 2 aliphatic rings.